The van der Waals surface area contributed by atoms with E-state index < -0.39 is 41.3 Å². The van der Waals surface area contributed by atoms with Crippen molar-refractivity contribution < 1.29 is 23.1 Å². The first-order valence-corrected chi connectivity index (χ1v) is 7.13. The number of hydrogen-bond acceptors (Lipinski definition) is 3. The number of fused-ring (bicyclic) bond motifs is 1. The van der Waals surface area contributed by atoms with Crippen molar-refractivity contribution in [1.29, 1.82) is 0 Å². The number of carboxylic acids is 1. The summed E-state index contributed by atoms with van der Waals surface area (Å²) < 4.78 is 41.8. The predicted molar refractivity (Wildman–Crippen MR) is 75.1 cm³/mol. The quantitative estimate of drug-likeness (QED) is 0.917. The lowest BCUT2D eigenvalue weighted by molar-refractivity contribution is -0.137. The van der Waals surface area contributed by atoms with Crippen LogP contribution in [0.3, 0.4) is 0 Å². The summed E-state index contributed by atoms with van der Waals surface area (Å²) in [6, 6.07) is 2.76. The lowest BCUT2D eigenvalue weighted by Gasteiger charge is -2.12. The molecule has 1 saturated carbocycles. The third kappa shape index (κ3) is 2.80. The molecule has 3 rings (SSSR count). The Balaban J connectivity index is 2.23. The second-order valence-corrected chi connectivity index (χ2v) is 5.52. The molecule has 0 unspecified atom stereocenters. The van der Waals surface area contributed by atoms with Gasteiger partial charge < -0.3 is 5.11 Å². The third-order valence-electron chi connectivity index (χ3n) is 3.88. The molecule has 0 aliphatic heterocycles. The number of alkyl halides is 2. The topological polar surface area (TPSA) is 72.2 Å². The van der Waals surface area contributed by atoms with Crippen molar-refractivity contribution in [2.45, 2.75) is 38.2 Å². The van der Waals surface area contributed by atoms with E-state index in [0.717, 1.165) is 12.8 Å². The lowest BCUT2D eigenvalue weighted by atomic mass is 10.0. The summed E-state index contributed by atoms with van der Waals surface area (Å²) in [6.45, 7) is -0.351. The van der Waals surface area contributed by atoms with E-state index in [4.69, 9.17) is 5.11 Å². The second-order valence-electron chi connectivity index (χ2n) is 5.52. The highest BCUT2D eigenvalue weighted by Gasteiger charge is 2.30. The number of aromatic nitrogens is 2. The standard InChI is InChI=1S/C15H13F3N2O3/c16-12-8(7-1-2-7)3-4-9-11(12)13(14(17)18)19-20(15(9)23)6-5-10(21)22/h3-4,7,14H,1-2,5-6H2,(H,21,22). The van der Waals surface area contributed by atoms with Gasteiger partial charge in [-0.05, 0) is 30.4 Å². The Morgan fingerprint density at radius 2 is 2.09 bits per heavy atom. The van der Waals surface area contributed by atoms with Crippen LogP contribution in [0.15, 0.2) is 16.9 Å². The van der Waals surface area contributed by atoms with Gasteiger partial charge in [0, 0.05) is 0 Å². The van der Waals surface area contributed by atoms with Gasteiger partial charge in [-0.15, -0.1) is 0 Å². The van der Waals surface area contributed by atoms with Gasteiger partial charge in [-0.1, -0.05) is 6.07 Å². The zero-order chi connectivity index (χ0) is 16.7. The van der Waals surface area contributed by atoms with Crippen molar-refractivity contribution in [3.05, 3.63) is 39.6 Å². The Morgan fingerprint density at radius 1 is 1.39 bits per heavy atom. The Kier molecular flexibility index (Phi) is 3.83. The lowest BCUT2D eigenvalue weighted by Crippen LogP contribution is -2.26. The van der Waals surface area contributed by atoms with Crippen molar-refractivity contribution in [3.8, 4) is 0 Å². The summed E-state index contributed by atoms with van der Waals surface area (Å²) in [5.41, 5.74) is -1.28. The first-order chi connectivity index (χ1) is 10.9. The summed E-state index contributed by atoms with van der Waals surface area (Å²) in [5, 5.41) is 11.5. The highest BCUT2D eigenvalue weighted by molar-refractivity contribution is 5.85. The molecule has 0 spiro atoms. The molecule has 1 N–H and O–H groups in total. The number of aliphatic carboxylic acids is 1. The van der Waals surface area contributed by atoms with Crippen LogP contribution in [-0.2, 0) is 11.3 Å². The predicted octanol–water partition coefficient (Wildman–Crippen LogP) is 2.83. The van der Waals surface area contributed by atoms with E-state index in [1.165, 1.54) is 12.1 Å². The normalized spacial score (nSPS) is 14.6. The molecule has 1 fully saturated rings. The van der Waals surface area contributed by atoms with Crippen LogP contribution in [0.25, 0.3) is 10.8 Å². The largest absolute Gasteiger partial charge is 0.481 e. The Hall–Kier alpha value is -2.38. The molecule has 1 aromatic carbocycles. The van der Waals surface area contributed by atoms with Crippen molar-refractivity contribution in [2.24, 2.45) is 0 Å². The Bertz CT molecular complexity index is 844. The van der Waals surface area contributed by atoms with Gasteiger partial charge in [0.15, 0.2) is 0 Å². The molecule has 0 radical (unpaired) electrons. The number of rotatable bonds is 5. The van der Waals surface area contributed by atoms with Gasteiger partial charge in [0.25, 0.3) is 12.0 Å². The van der Waals surface area contributed by atoms with Crippen LogP contribution in [0.4, 0.5) is 13.2 Å². The zero-order valence-electron chi connectivity index (χ0n) is 11.9. The maximum absolute atomic E-state index is 14.6. The second kappa shape index (κ2) is 5.68. The van der Waals surface area contributed by atoms with Crippen LogP contribution in [-0.4, -0.2) is 20.9 Å². The summed E-state index contributed by atoms with van der Waals surface area (Å²) in [5.74, 6) is -2.01. The van der Waals surface area contributed by atoms with E-state index in [9.17, 15) is 22.8 Å². The van der Waals surface area contributed by atoms with E-state index in [-0.39, 0.29) is 17.8 Å². The highest BCUT2D eigenvalue weighted by Crippen LogP contribution is 2.43. The minimum absolute atomic E-state index is 0.000588. The highest BCUT2D eigenvalue weighted by atomic mass is 19.3. The van der Waals surface area contributed by atoms with E-state index >= 15 is 0 Å². The molecule has 1 aromatic heterocycles. The molecule has 1 heterocycles. The fraction of sp³-hybridized carbons (Fsp3) is 0.400. The van der Waals surface area contributed by atoms with Crippen LogP contribution < -0.4 is 5.56 Å². The van der Waals surface area contributed by atoms with Gasteiger partial charge in [0.2, 0.25) is 0 Å². The average molecular weight is 326 g/mol. The molecule has 23 heavy (non-hydrogen) atoms. The van der Waals surface area contributed by atoms with Crippen molar-refractivity contribution in [2.75, 3.05) is 0 Å². The number of carbonyl (C=O) groups is 1. The average Bonchev–Trinajstić information content (AvgIpc) is 3.31. The van der Waals surface area contributed by atoms with Crippen molar-refractivity contribution in [1.82, 2.24) is 9.78 Å². The maximum atomic E-state index is 14.6. The van der Waals surface area contributed by atoms with Gasteiger partial charge >= 0.3 is 5.97 Å². The number of nitrogens with zero attached hydrogens (tertiary/aromatic N) is 2. The van der Waals surface area contributed by atoms with Crippen LogP contribution >= 0.6 is 0 Å². The van der Waals surface area contributed by atoms with Crippen LogP contribution in [0.1, 0.15) is 42.9 Å². The van der Waals surface area contributed by atoms with Crippen LogP contribution in [0, 0.1) is 5.82 Å². The third-order valence-corrected chi connectivity index (χ3v) is 3.88. The summed E-state index contributed by atoms with van der Waals surface area (Å²) in [4.78, 5) is 22.9. The SMILES string of the molecule is O=C(O)CCn1nc(C(F)F)c2c(F)c(C3CC3)ccc2c1=O. The van der Waals surface area contributed by atoms with Gasteiger partial charge in [-0.3, -0.25) is 9.59 Å². The first kappa shape index (κ1) is 15.5. The summed E-state index contributed by atoms with van der Waals surface area (Å²) in [7, 11) is 0. The molecule has 1 aliphatic carbocycles. The minimum atomic E-state index is -3.07. The van der Waals surface area contributed by atoms with Gasteiger partial charge in [-0.2, -0.15) is 5.10 Å². The van der Waals surface area contributed by atoms with Gasteiger partial charge in [0.1, 0.15) is 11.5 Å². The van der Waals surface area contributed by atoms with Crippen LogP contribution in [0.5, 0.6) is 0 Å². The molecule has 0 atom stereocenters. The smallest absolute Gasteiger partial charge is 0.305 e. The Labute approximate surface area is 128 Å². The van der Waals surface area contributed by atoms with E-state index in [2.05, 4.69) is 5.10 Å². The van der Waals surface area contributed by atoms with E-state index in [1.807, 2.05) is 0 Å². The summed E-state index contributed by atoms with van der Waals surface area (Å²) in [6.07, 6.45) is -1.94. The molecule has 122 valence electrons. The molecule has 1 aliphatic rings. The van der Waals surface area contributed by atoms with Crippen LogP contribution in [0.2, 0.25) is 0 Å². The fourth-order valence-corrected chi connectivity index (χ4v) is 2.60. The fourth-order valence-electron chi connectivity index (χ4n) is 2.60. The number of carboxylic acid groups (broad SMARTS) is 1. The zero-order valence-corrected chi connectivity index (χ0v) is 11.9. The van der Waals surface area contributed by atoms with E-state index in [1.54, 1.807) is 0 Å². The number of halogens is 3. The molecule has 0 saturated heterocycles. The van der Waals surface area contributed by atoms with Crippen molar-refractivity contribution >= 4 is 16.7 Å². The Morgan fingerprint density at radius 3 is 2.65 bits per heavy atom. The van der Waals surface area contributed by atoms with Gasteiger partial charge in [0.05, 0.1) is 23.7 Å². The molecular weight excluding hydrogens is 313 g/mol. The summed E-state index contributed by atoms with van der Waals surface area (Å²) >= 11 is 0. The number of benzene rings is 1. The molecule has 8 heteroatoms. The molecule has 5 nitrogen and oxygen atoms in total. The number of hydrogen-bond donors (Lipinski definition) is 1. The van der Waals surface area contributed by atoms with Gasteiger partial charge in [-0.25, -0.2) is 17.9 Å². The van der Waals surface area contributed by atoms with E-state index in [0.29, 0.717) is 10.2 Å². The number of aryl methyl sites for hydroxylation is 1. The van der Waals surface area contributed by atoms with Crippen molar-refractivity contribution in [3.63, 3.8) is 0 Å². The monoisotopic (exact) mass is 326 g/mol. The molecule has 0 bridgehead atoms. The molecule has 0 amide bonds. The first-order valence-electron chi connectivity index (χ1n) is 7.13. The molecule has 2 aromatic rings. The minimum Gasteiger partial charge on any atom is -0.481 e. The maximum Gasteiger partial charge on any atom is 0.305 e. The molecular formula is C15H13F3N2O3.